The van der Waals surface area contributed by atoms with Gasteiger partial charge in [-0.15, -0.1) is 0 Å². The molecule has 0 aliphatic carbocycles. The molecule has 2 aromatic carbocycles. The highest BCUT2D eigenvalue weighted by Gasteiger charge is 2.27. The summed E-state index contributed by atoms with van der Waals surface area (Å²) in [6, 6.07) is 11.3. The Labute approximate surface area is 132 Å². The number of fused-ring (bicyclic) bond motifs is 1. The summed E-state index contributed by atoms with van der Waals surface area (Å²) >= 11 is 0. The van der Waals surface area contributed by atoms with Crippen LogP contribution in [0.25, 0.3) is 10.8 Å². The van der Waals surface area contributed by atoms with E-state index in [9.17, 15) is 9.59 Å². The quantitative estimate of drug-likeness (QED) is 0.705. The van der Waals surface area contributed by atoms with Crippen LogP contribution in [0.15, 0.2) is 36.4 Å². The number of hydrogen-bond donors (Lipinski definition) is 0. The maximum atomic E-state index is 12.7. The van der Waals surface area contributed by atoms with Gasteiger partial charge in [-0.05, 0) is 10.8 Å². The predicted octanol–water partition coefficient (Wildman–Crippen LogP) is 5.30. The van der Waals surface area contributed by atoms with Gasteiger partial charge in [-0.3, -0.25) is 9.59 Å². The average Bonchev–Trinajstić information content (AvgIpc) is 2.42. The molecule has 0 aromatic heterocycles. The van der Waals surface area contributed by atoms with Crippen molar-refractivity contribution < 1.29 is 9.59 Å². The Balaban J connectivity index is 2.72. The fourth-order valence-corrected chi connectivity index (χ4v) is 2.51. The molecule has 0 aliphatic heterocycles. The standard InChI is InChI=1S/C20H24O2/c1-19(2,3)17(21)15-11-7-10-14-13(15)9-8-12-16(14)18(22)20(4,5)6/h7-12H,1-6H3. The second-order valence-corrected chi connectivity index (χ2v) is 7.86. The van der Waals surface area contributed by atoms with Crippen LogP contribution in [0.5, 0.6) is 0 Å². The minimum Gasteiger partial charge on any atom is -0.294 e. The molecule has 0 bridgehead atoms. The molecule has 0 spiro atoms. The van der Waals surface area contributed by atoms with Crippen LogP contribution in [0.1, 0.15) is 62.3 Å². The molecule has 0 heterocycles. The van der Waals surface area contributed by atoms with Crippen molar-refractivity contribution in [2.24, 2.45) is 10.8 Å². The molecule has 2 nitrogen and oxygen atoms in total. The molecule has 0 saturated heterocycles. The van der Waals surface area contributed by atoms with E-state index in [0.29, 0.717) is 11.1 Å². The molecule has 22 heavy (non-hydrogen) atoms. The van der Waals surface area contributed by atoms with Crippen molar-refractivity contribution in [3.8, 4) is 0 Å². The monoisotopic (exact) mass is 296 g/mol. The summed E-state index contributed by atoms with van der Waals surface area (Å²) in [5, 5.41) is 1.72. The first-order valence-corrected chi connectivity index (χ1v) is 7.65. The molecule has 2 rings (SSSR count). The van der Waals surface area contributed by atoms with Crippen molar-refractivity contribution in [2.75, 3.05) is 0 Å². The van der Waals surface area contributed by atoms with Gasteiger partial charge < -0.3 is 0 Å². The minimum atomic E-state index is -0.446. The van der Waals surface area contributed by atoms with Gasteiger partial charge in [-0.2, -0.15) is 0 Å². The van der Waals surface area contributed by atoms with E-state index in [1.165, 1.54) is 0 Å². The van der Waals surface area contributed by atoms with Crippen molar-refractivity contribution in [3.05, 3.63) is 47.5 Å². The molecule has 0 unspecified atom stereocenters. The Morgan fingerprint density at radius 3 is 1.23 bits per heavy atom. The first kappa shape index (κ1) is 16.4. The highest BCUT2D eigenvalue weighted by molar-refractivity contribution is 6.16. The van der Waals surface area contributed by atoms with Crippen molar-refractivity contribution in [3.63, 3.8) is 0 Å². The lowest BCUT2D eigenvalue weighted by molar-refractivity contribution is 0.0852. The number of carbonyl (C=O) groups is 2. The van der Waals surface area contributed by atoms with Gasteiger partial charge in [-0.25, -0.2) is 0 Å². The third kappa shape index (κ3) is 2.96. The van der Waals surface area contributed by atoms with Crippen molar-refractivity contribution in [2.45, 2.75) is 41.5 Å². The molecule has 0 amide bonds. The largest absolute Gasteiger partial charge is 0.294 e. The van der Waals surface area contributed by atoms with Gasteiger partial charge in [0.1, 0.15) is 0 Å². The second-order valence-electron chi connectivity index (χ2n) is 7.86. The Hall–Kier alpha value is -1.96. The fourth-order valence-electron chi connectivity index (χ4n) is 2.51. The molecular formula is C20H24O2. The van der Waals surface area contributed by atoms with Crippen LogP contribution in [0.3, 0.4) is 0 Å². The molecule has 0 radical (unpaired) electrons. The fraction of sp³-hybridized carbons (Fsp3) is 0.400. The smallest absolute Gasteiger partial charge is 0.168 e. The molecule has 0 saturated carbocycles. The number of carbonyl (C=O) groups excluding carboxylic acids is 2. The van der Waals surface area contributed by atoms with Gasteiger partial charge in [0.15, 0.2) is 11.6 Å². The van der Waals surface area contributed by atoms with Crippen LogP contribution < -0.4 is 0 Å². The molecule has 116 valence electrons. The van der Waals surface area contributed by atoms with Crippen LogP contribution in [0, 0.1) is 10.8 Å². The molecule has 0 atom stereocenters. The zero-order valence-electron chi connectivity index (χ0n) is 14.3. The highest BCUT2D eigenvalue weighted by atomic mass is 16.1. The van der Waals surface area contributed by atoms with Gasteiger partial charge >= 0.3 is 0 Å². The average molecular weight is 296 g/mol. The van der Waals surface area contributed by atoms with E-state index in [-0.39, 0.29) is 11.6 Å². The topological polar surface area (TPSA) is 34.1 Å². The molecular weight excluding hydrogens is 272 g/mol. The van der Waals surface area contributed by atoms with Gasteiger partial charge in [-0.1, -0.05) is 77.9 Å². The Morgan fingerprint density at radius 2 is 0.955 bits per heavy atom. The lowest BCUT2D eigenvalue weighted by Crippen LogP contribution is -2.22. The second kappa shape index (κ2) is 5.35. The van der Waals surface area contributed by atoms with Crippen LogP contribution >= 0.6 is 0 Å². The highest BCUT2D eigenvalue weighted by Crippen LogP contribution is 2.31. The third-order valence-electron chi connectivity index (χ3n) is 3.77. The van der Waals surface area contributed by atoms with E-state index < -0.39 is 10.8 Å². The van der Waals surface area contributed by atoms with E-state index in [2.05, 4.69) is 0 Å². The normalized spacial score (nSPS) is 12.5. The summed E-state index contributed by atoms with van der Waals surface area (Å²) in [6.45, 7) is 11.5. The van der Waals surface area contributed by atoms with Crippen molar-refractivity contribution >= 4 is 22.3 Å². The lowest BCUT2D eigenvalue weighted by Gasteiger charge is -2.20. The first-order chi connectivity index (χ1) is 10.0. The van der Waals surface area contributed by atoms with Crippen LogP contribution in [-0.4, -0.2) is 11.6 Å². The van der Waals surface area contributed by atoms with E-state index in [4.69, 9.17) is 0 Å². The Kier molecular flexibility index (Phi) is 3.99. The van der Waals surface area contributed by atoms with Crippen LogP contribution in [0.4, 0.5) is 0 Å². The molecule has 2 heteroatoms. The summed E-state index contributed by atoms with van der Waals surface area (Å²) in [7, 11) is 0. The molecule has 0 fully saturated rings. The van der Waals surface area contributed by atoms with E-state index in [1.807, 2.05) is 77.9 Å². The van der Waals surface area contributed by atoms with Gasteiger partial charge in [0.2, 0.25) is 0 Å². The van der Waals surface area contributed by atoms with Gasteiger partial charge in [0.05, 0.1) is 0 Å². The zero-order valence-corrected chi connectivity index (χ0v) is 14.3. The molecule has 0 aliphatic rings. The third-order valence-corrected chi connectivity index (χ3v) is 3.77. The van der Waals surface area contributed by atoms with E-state index in [1.54, 1.807) is 0 Å². The first-order valence-electron chi connectivity index (χ1n) is 7.65. The Morgan fingerprint density at radius 1 is 0.636 bits per heavy atom. The van der Waals surface area contributed by atoms with Gasteiger partial charge in [0, 0.05) is 22.0 Å². The minimum absolute atomic E-state index is 0.0958. The number of hydrogen-bond acceptors (Lipinski definition) is 2. The van der Waals surface area contributed by atoms with E-state index >= 15 is 0 Å². The number of Topliss-reactive ketones (excluding diaryl/α,β-unsaturated/α-hetero) is 2. The molecule has 2 aromatic rings. The summed E-state index contributed by atoms with van der Waals surface area (Å²) in [4.78, 5) is 25.3. The maximum Gasteiger partial charge on any atom is 0.168 e. The summed E-state index contributed by atoms with van der Waals surface area (Å²) < 4.78 is 0. The summed E-state index contributed by atoms with van der Waals surface area (Å²) in [5.41, 5.74) is 0.485. The van der Waals surface area contributed by atoms with E-state index in [0.717, 1.165) is 10.8 Å². The maximum absolute atomic E-state index is 12.7. The lowest BCUT2D eigenvalue weighted by atomic mass is 9.81. The van der Waals surface area contributed by atoms with Crippen molar-refractivity contribution in [1.82, 2.24) is 0 Å². The summed E-state index contributed by atoms with van der Waals surface area (Å²) in [5.74, 6) is 0.192. The summed E-state index contributed by atoms with van der Waals surface area (Å²) in [6.07, 6.45) is 0. The number of ketones is 2. The number of benzene rings is 2. The zero-order chi connectivity index (χ0) is 16.7. The van der Waals surface area contributed by atoms with Crippen LogP contribution in [-0.2, 0) is 0 Å². The number of rotatable bonds is 2. The Bertz CT molecular complexity index is 675. The van der Waals surface area contributed by atoms with Gasteiger partial charge in [0.25, 0.3) is 0 Å². The van der Waals surface area contributed by atoms with Crippen LogP contribution in [0.2, 0.25) is 0 Å². The molecule has 0 N–H and O–H groups in total. The SMILES string of the molecule is CC(C)(C)C(=O)c1cccc2c(C(=O)C(C)(C)C)cccc12. The predicted molar refractivity (Wildman–Crippen MR) is 91.5 cm³/mol. The van der Waals surface area contributed by atoms with Crippen molar-refractivity contribution in [1.29, 1.82) is 0 Å².